The van der Waals surface area contributed by atoms with Crippen LogP contribution in [0.5, 0.6) is 0 Å². The molecular weight excluding hydrogens is 599 g/mol. The Bertz CT molecular complexity index is 3070. The molecule has 5 heteroatoms. The zero-order valence-electron chi connectivity index (χ0n) is 26.2. The largest absolute Gasteiger partial charge is 0.309 e. The van der Waals surface area contributed by atoms with E-state index >= 15 is 0 Å². The molecule has 3 heterocycles. The average molecular weight is 624 g/mol. The summed E-state index contributed by atoms with van der Waals surface area (Å²) in [7, 11) is 0. The van der Waals surface area contributed by atoms with Crippen molar-refractivity contribution in [1.29, 1.82) is 10.5 Å². The standard InChI is InChI=1S/C44H25N5/c45-26-28-17-19-41-35(21-28)33-13-4-7-16-40(33)48(41)31-11-8-12-32(23-31)49-42-20-18-29(27-46)22-36(42)38-25-43-37(24-44(38)49)34-14-5-6-15-39(34)47(43)30-9-2-1-3-10-30/h1-25H. The summed E-state index contributed by atoms with van der Waals surface area (Å²) < 4.78 is 6.94. The molecule has 0 bridgehead atoms. The third-order valence-electron chi connectivity index (χ3n) is 9.85. The van der Waals surface area contributed by atoms with E-state index in [9.17, 15) is 10.5 Å². The van der Waals surface area contributed by atoms with Crippen LogP contribution in [0.2, 0.25) is 0 Å². The number of hydrogen-bond donors (Lipinski definition) is 0. The number of fused-ring (bicyclic) bond motifs is 9. The van der Waals surface area contributed by atoms with Gasteiger partial charge in [0.15, 0.2) is 0 Å². The topological polar surface area (TPSA) is 62.4 Å². The summed E-state index contributed by atoms with van der Waals surface area (Å²) in [4.78, 5) is 0. The normalized spacial score (nSPS) is 11.6. The molecule has 10 aromatic rings. The van der Waals surface area contributed by atoms with Crippen molar-refractivity contribution in [3.8, 4) is 29.2 Å². The zero-order chi connectivity index (χ0) is 32.6. The highest BCUT2D eigenvalue weighted by atomic mass is 15.0. The molecule has 0 saturated heterocycles. The molecule has 0 aliphatic rings. The molecule has 0 amide bonds. The number of rotatable bonds is 3. The van der Waals surface area contributed by atoms with E-state index in [1.165, 1.54) is 10.8 Å². The lowest BCUT2D eigenvalue weighted by Gasteiger charge is -2.13. The van der Waals surface area contributed by atoms with Gasteiger partial charge in [0, 0.05) is 49.4 Å². The Morgan fingerprint density at radius 3 is 1.29 bits per heavy atom. The minimum absolute atomic E-state index is 0.631. The van der Waals surface area contributed by atoms with Crippen molar-refractivity contribution in [2.75, 3.05) is 0 Å². The Balaban J connectivity index is 1.29. The molecule has 10 rings (SSSR count). The van der Waals surface area contributed by atoms with Crippen LogP contribution in [0.15, 0.2) is 152 Å². The number of nitriles is 2. The number of aromatic nitrogens is 3. The molecule has 0 spiro atoms. The Morgan fingerprint density at radius 2 is 0.714 bits per heavy atom. The molecule has 0 aliphatic carbocycles. The molecule has 0 saturated carbocycles. The van der Waals surface area contributed by atoms with E-state index in [4.69, 9.17) is 0 Å². The van der Waals surface area contributed by atoms with Crippen LogP contribution in [0, 0.1) is 22.7 Å². The number of para-hydroxylation sites is 3. The zero-order valence-corrected chi connectivity index (χ0v) is 26.2. The molecule has 3 aromatic heterocycles. The predicted molar refractivity (Wildman–Crippen MR) is 199 cm³/mol. The maximum Gasteiger partial charge on any atom is 0.0991 e. The lowest BCUT2D eigenvalue weighted by Crippen LogP contribution is -1.98. The molecule has 0 aliphatic heterocycles. The highest BCUT2D eigenvalue weighted by Crippen LogP contribution is 2.40. The van der Waals surface area contributed by atoms with Gasteiger partial charge in [-0.15, -0.1) is 0 Å². The maximum atomic E-state index is 9.92. The fraction of sp³-hybridized carbons (Fsp3) is 0. The van der Waals surface area contributed by atoms with Gasteiger partial charge in [0.05, 0.1) is 56.4 Å². The third kappa shape index (κ3) is 3.85. The molecular formula is C44H25N5. The van der Waals surface area contributed by atoms with E-state index in [0.29, 0.717) is 11.1 Å². The molecule has 226 valence electrons. The smallest absolute Gasteiger partial charge is 0.0991 e. The van der Waals surface area contributed by atoms with Crippen LogP contribution < -0.4 is 0 Å². The van der Waals surface area contributed by atoms with Gasteiger partial charge in [-0.3, -0.25) is 0 Å². The van der Waals surface area contributed by atoms with E-state index in [2.05, 4.69) is 135 Å². The first-order valence-electron chi connectivity index (χ1n) is 16.2. The Labute approximate surface area is 280 Å². The van der Waals surface area contributed by atoms with Gasteiger partial charge in [0.1, 0.15) is 0 Å². The Morgan fingerprint density at radius 1 is 0.306 bits per heavy atom. The van der Waals surface area contributed by atoms with Crippen LogP contribution in [0.1, 0.15) is 11.1 Å². The van der Waals surface area contributed by atoms with Crippen LogP contribution >= 0.6 is 0 Å². The number of nitrogens with zero attached hydrogens (tertiary/aromatic N) is 5. The average Bonchev–Trinajstić information content (AvgIpc) is 3.79. The van der Waals surface area contributed by atoms with Crippen LogP contribution in [-0.4, -0.2) is 13.7 Å². The van der Waals surface area contributed by atoms with Crippen molar-refractivity contribution in [1.82, 2.24) is 13.7 Å². The number of hydrogen-bond acceptors (Lipinski definition) is 2. The predicted octanol–water partition coefficient (Wildman–Crippen LogP) is 10.7. The van der Waals surface area contributed by atoms with E-state index in [-0.39, 0.29) is 0 Å². The minimum Gasteiger partial charge on any atom is -0.309 e. The minimum atomic E-state index is 0.631. The van der Waals surface area contributed by atoms with Crippen molar-refractivity contribution < 1.29 is 0 Å². The monoisotopic (exact) mass is 623 g/mol. The van der Waals surface area contributed by atoms with Gasteiger partial charge in [0.25, 0.3) is 0 Å². The van der Waals surface area contributed by atoms with Gasteiger partial charge >= 0.3 is 0 Å². The molecule has 0 N–H and O–H groups in total. The first kappa shape index (κ1) is 27.1. The van der Waals surface area contributed by atoms with E-state index in [1.54, 1.807) is 0 Å². The summed E-state index contributed by atoms with van der Waals surface area (Å²) in [5.41, 5.74) is 10.9. The van der Waals surface area contributed by atoms with E-state index < -0.39 is 0 Å². The molecule has 7 aromatic carbocycles. The van der Waals surface area contributed by atoms with Crippen LogP contribution in [-0.2, 0) is 0 Å². The Kier molecular flexibility index (Phi) is 5.64. The molecule has 0 atom stereocenters. The maximum absolute atomic E-state index is 9.92. The van der Waals surface area contributed by atoms with Crippen LogP contribution in [0.4, 0.5) is 0 Å². The first-order chi connectivity index (χ1) is 24.2. The van der Waals surface area contributed by atoms with Crippen molar-refractivity contribution >= 4 is 65.4 Å². The van der Waals surface area contributed by atoms with Crippen LogP contribution in [0.3, 0.4) is 0 Å². The fourth-order valence-electron chi connectivity index (χ4n) is 7.78. The summed E-state index contributed by atoms with van der Waals surface area (Å²) in [5, 5.41) is 26.2. The second kappa shape index (κ2) is 10.2. The summed E-state index contributed by atoms with van der Waals surface area (Å²) >= 11 is 0. The SMILES string of the molecule is N#Cc1ccc2c(c1)c1ccccc1n2-c1cccc(-n2c3ccc(C#N)cc3c3cc4c(cc32)c2ccccc2n4-c2ccccc2)c1. The second-order valence-electron chi connectivity index (χ2n) is 12.5. The van der Waals surface area contributed by atoms with Gasteiger partial charge in [-0.2, -0.15) is 10.5 Å². The van der Waals surface area contributed by atoms with Crippen molar-refractivity contribution in [2.45, 2.75) is 0 Å². The highest BCUT2D eigenvalue weighted by molar-refractivity contribution is 6.19. The second-order valence-corrected chi connectivity index (χ2v) is 12.5. The molecule has 49 heavy (non-hydrogen) atoms. The lowest BCUT2D eigenvalue weighted by molar-refractivity contribution is 1.13. The van der Waals surface area contributed by atoms with Gasteiger partial charge in [-0.1, -0.05) is 60.7 Å². The summed E-state index contributed by atoms with van der Waals surface area (Å²) in [5.74, 6) is 0. The van der Waals surface area contributed by atoms with E-state index in [1.807, 2.05) is 42.5 Å². The molecule has 0 radical (unpaired) electrons. The fourth-order valence-corrected chi connectivity index (χ4v) is 7.78. The van der Waals surface area contributed by atoms with Gasteiger partial charge in [0.2, 0.25) is 0 Å². The molecule has 5 nitrogen and oxygen atoms in total. The molecule has 0 unspecified atom stereocenters. The quantitative estimate of drug-likeness (QED) is 0.197. The lowest BCUT2D eigenvalue weighted by atomic mass is 10.1. The van der Waals surface area contributed by atoms with Crippen molar-refractivity contribution in [3.63, 3.8) is 0 Å². The Hall–Kier alpha value is -7.08. The van der Waals surface area contributed by atoms with Gasteiger partial charge < -0.3 is 13.7 Å². The summed E-state index contributed by atoms with van der Waals surface area (Å²) in [6.07, 6.45) is 0. The van der Waals surface area contributed by atoms with Crippen molar-refractivity contribution in [3.05, 3.63) is 163 Å². The summed E-state index contributed by atoms with van der Waals surface area (Å²) in [6.45, 7) is 0. The first-order valence-corrected chi connectivity index (χ1v) is 16.2. The van der Waals surface area contributed by atoms with Gasteiger partial charge in [-0.25, -0.2) is 0 Å². The van der Waals surface area contributed by atoms with E-state index in [0.717, 1.165) is 71.7 Å². The number of benzene rings is 7. The molecule has 0 fully saturated rings. The highest BCUT2D eigenvalue weighted by Gasteiger charge is 2.20. The van der Waals surface area contributed by atoms with Crippen LogP contribution in [0.25, 0.3) is 82.5 Å². The third-order valence-corrected chi connectivity index (χ3v) is 9.85. The van der Waals surface area contributed by atoms with Gasteiger partial charge in [-0.05, 0) is 91.0 Å². The van der Waals surface area contributed by atoms with Crippen molar-refractivity contribution in [2.24, 2.45) is 0 Å². The summed E-state index contributed by atoms with van der Waals surface area (Å²) in [6, 6.07) is 57.2.